The van der Waals surface area contributed by atoms with Crippen molar-refractivity contribution in [1.29, 1.82) is 0 Å². The summed E-state index contributed by atoms with van der Waals surface area (Å²) in [7, 11) is 0. The highest BCUT2D eigenvalue weighted by atomic mass is 35.5. The molecule has 0 unspecified atom stereocenters. The molecule has 0 radical (unpaired) electrons. The van der Waals surface area contributed by atoms with E-state index in [9.17, 15) is 4.79 Å². The standard InChI is InChI=1S/C17H12Cl2N4O2/c18-11-7-12(19)9-14(8-11)22-17-20-6-5-15(23-17)21-13-3-1-10(2-4-13)16(24)25/h1-9H,(H,24,25)(H2,20,21,22,23). The molecule has 0 atom stereocenters. The number of aromatic nitrogens is 2. The zero-order chi connectivity index (χ0) is 17.8. The Kier molecular flexibility index (Phi) is 5.02. The van der Waals surface area contributed by atoms with Gasteiger partial charge in [0, 0.05) is 27.6 Å². The van der Waals surface area contributed by atoms with Crippen molar-refractivity contribution in [2.45, 2.75) is 0 Å². The van der Waals surface area contributed by atoms with Crippen LogP contribution in [0.4, 0.5) is 23.1 Å². The lowest BCUT2D eigenvalue weighted by Gasteiger charge is -2.09. The van der Waals surface area contributed by atoms with Crippen molar-refractivity contribution in [3.8, 4) is 0 Å². The van der Waals surface area contributed by atoms with Gasteiger partial charge in [0.05, 0.1) is 5.56 Å². The highest BCUT2D eigenvalue weighted by Gasteiger charge is 2.05. The van der Waals surface area contributed by atoms with Crippen LogP contribution < -0.4 is 10.6 Å². The van der Waals surface area contributed by atoms with Gasteiger partial charge in [-0.1, -0.05) is 23.2 Å². The van der Waals surface area contributed by atoms with E-state index < -0.39 is 5.97 Å². The molecule has 0 saturated heterocycles. The van der Waals surface area contributed by atoms with E-state index in [2.05, 4.69) is 20.6 Å². The number of aromatic carboxylic acids is 1. The molecule has 0 fully saturated rings. The fourth-order valence-electron chi connectivity index (χ4n) is 2.09. The molecule has 1 heterocycles. The molecule has 25 heavy (non-hydrogen) atoms. The number of hydrogen-bond donors (Lipinski definition) is 3. The molecule has 0 aliphatic rings. The predicted octanol–water partition coefficient (Wildman–Crippen LogP) is 4.97. The normalized spacial score (nSPS) is 10.3. The third-order valence-corrected chi connectivity index (χ3v) is 3.61. The maximum Gasteiger partial charge on any atom is 0.335 e. The van der Waals surface area contributed by atoms with Crippen LogP contribution in [0, 0.1) is 0 Å². The summed E-state index contributed by atoms with van der Waals surface area (Å²) in [6, 6.07) is 13.1. The monoisotopic (exact) mass is 374 g/mol. The number of halogens is 2. The molecule has 0 aliphatic heterocycles. The van der Waals surface area contributed by atoms with E-state index in [1.807, 2.05) is 0 Å². The van der Waals surface area contributed by atoms with Crippen molar-refractivity contribution in [1.82, 2.24) is 9.97 Å². The van der Waals surface area contributed by atoms with E-state index in [-0.39, 0.29) is 5.56 Å². The summed E-state index contributed by atoms with van der Waals surface area (Å²) in [5.74, 6) is -0.0561. The second-order valence-corrected chi connectivity index (χ2v) is 5.93. The molecule has 0 aliphatic carbocycles. The SMILES string of the molecule is O=C(O)c1ccc(Nc2ccnc(Nc3cc(Cl)cc(Cl)c3)n2)cc1. The Hall–Kier alpha value is -2.83. The van der Waals surface area contributed by atoms with E-state index in [4.69, 9.17) is 28.3 Å². The average molecular weight is 375 g/mol. The zero-order valence-electron chi connectivity index (χ0n) is 12.7. The first-order chi connectivity index (χ1) is 12.0. The third-order valence-electron chi connectivity index (χ3n) is 3.18. The minimum atomic E-state index is -0.972. The molecule has 3 N–H and O–H groups in total. The Morgan fingerprint density at radius 2 is 1.60 bits per heavy atom. The maximum atomic E-state index is 10.9. The van der Waals surface area contributed by atoms with E-state index in [0.717, 1.165) is 0 Å². The number of nitrogens with one attached hydrogen (secondary N) is 2. The number of hydrogen-bond acceptors (Lipinski definition) is 5. The minimum absolute atomic E-state index is 0.216. The van der Waals surface area contributed by atoms with Crippen molar-refractivity contribution >= 4 is 52.3 Å². The fraction of sp³-hybridized carbons (Fsp3) is 0. The van der Waals surface area contributed by atoms with Gasteiger partial charge in [-0.05, 0) is 48.5 Å². The van der Waals surface area contributed by atoms with Crippen LogP contribution in [0.15, 0.2) is 54.7 Å². The molecule has 126 valence electrons. The Labute approximate surface area is 153 Å². The van der Waals surface area contributed by atoms with Crippen molar-refractivity contribution in [3.63, 3.8) is 0 Å². The Balaban J connectivity index is 1.75. The van der Waals surface area contributed by atoms with Crippen LogP contribution in [0.25, 0.3) is 0 Å². The third kappa shape index (κ3) is 4.59. The Bertz CT molecular complexity index is 897. The van der Waals surface area contributed by atoms with Gasteiger partial charge in [-0.2, -0.15) is 4.98 Å². The summed E-state index contributed by atoms with van der Waals surface area (Å²) >= 11 is 11.9. The van der Waals surface area contributed by atoms with Crippen LogP contribution >= 0.6 is 23.2 Å². The highest BCUT2D eigenvalue weighted by Crippen LogP contribution is 2.24. The topological polar surface area (TPSA) is 87.1 Å². The Morgan fingerprint density at radius 3 is 2.24 bits per heavy atom. The van der Waals surface area contributed by atoms with Gasteiger partial charge in [0.2, 0.25) is 5.95 Å². The van der Waals surface area contributed by atoms with Gasteiger partial charge in [-0.25, -0.2) is 9.78 Å². The fourth-order valence-corrected chi connectivity index (χ4v) is 2.61. The summed E-state index contributed by atoms with van der Waals surface area (Å²) in [6.07, 6.45) is 1.59. The van der Waals surface area contributed by atoms with Crippen LogP contribution in [-0.4, -0.2) is 21.0 Å². The molecule has 0 saturated carbocycles. The quantitative estimate of drug-likeness (QED) is 0.584. The van der Waals surface area contributed by atoms with Gasteiger partial charge < -0.3 is 15.7 Å². The molecule has 3 aromatic rings. The summed E-state index contributed by atoms with van der Waals surface area (Å²) < 4.78 is 0. The predicted molar refractivity (Wildman–Crippen MR) is 98.5 cm³/mol. The molecular weight excluding hydrogens is 363 g/mol. The van der Waals surface area contributed by atoms with Gasteiger partial charge in [0.25, 0.3) is 0 Å². The number of anilines is 4. The minimum Gasteiger partial charge on any atom is -0.478 e. The lowest BCUT2D eigenvalue weighted by molar-refractivity contribution is 0.0697. The van der Waals surface area contributed by atoms with Crippen LogP contribution in [0.1, 0.15) is 10.4 Å². The van der Waals surface area contributed by atoms with Crippen LogP contribution in [0.2, 0.25) is 10.0 Å². The first-order valence-corrected chi connectivity index (χ1v) is 7.92. The highest BCUT2D eigenvalue weighted by molar-refractivity contribution is 6.35. The molecule has 6 nitrogen and oxygen atoms in total. The van der Waals surface area contributed by atoms with Crippen LogP contribution in [-0.2, 0) is 0 Å². The number of carbonyl (C=O) groups is 1. The van der Waals surface area contributed by atoms with Gasteiger partial charge in [0.1, 0.15) is 5.82 Å². The smallest absolute Gasteiger partial charge is 0.335 e. The first-order valence-electron chi connectivity index (χ1n) is 7.16. The molecule has 8 heteroatoms. The number of rotatable bonds is 5. The maximum absolute atomic E-state index is 10.9. The molecular formula is C17H12Cl2N4O2. The molecule has 0 spiro atoms. The molecule has 0 amide bonds. The largest absolute Gasteiger partial charge is 0.478 e. The van der Waals surface area contributed by atoms with Crippen molar-refractivity contribution in [2.75, 3.05) is 10.6 Å². The first kappa shape index (κ1) is 17.0. The average Bonchev–Trinajstić information content (AvgIpc) is 2.54. The van der Waals surface area contributed by atoms with Gasteiger partial charge in [-0.15, -0.1) is 0 Å². The van der Waals surface area contributed by atoms with Crippen molar-refractivity contribution < 1.29 is 9.90 Å². The molecule has 0 bridgehead atoms. The summed E-state index contributed by atoms with van der Waals surface area (Å²) in [4.78, 5) is 19.4. The molecule has 1 aromatic heterocycles. The van der Waals surface area contributed by atoms with Gasteiger partial charge in [-0.3, -0.25) is 0 Å². The Morgan fingerprint density at radius 1 is 0.920 bits per heavy atom. The number of carboxylic acid groups (broad SMARTS) is 1. The van der Waals surface area contributed by atoms with Crippen molar-refractivity contribution in [2.24, 2.45) is 0 Å². The number of carboxylic acids is 1. The zero-order valence-corrected chi connectivity index (χ0v) is 14.2. The van der Waals surface area contributed by atoms with E-state index in [1.165, 1.54) is 12.1 Å². The lowest BCUT2D eigenvalue weighted by atomic mass is 10.2. The summed E-state index contributed by atoms with van der Waals surface area (Å²) in [5, 5.41) is 16.0. The molecule has 3 rings (SSSR count). The van der Waals surface area contributed by atoms with Gasteiger partial charge >= 0.3 is 5.97 Å². The van der Waals surface area contributed by atoms with E-state index >= 15 is 0 Å². The van der Waals surface area contributed by atoms with Gasteiger partial charge in [0.15, 0.2) is 0 Å². The van der Waals surface area contributed by atoms with Crippen molar-refractivity contribution in [3.05, 3.63) is 70.3 Å². The second kappa shape index (κ2) is 7.38. The van der Waals surface area contributed by atoms with E-state index in [1.54, 1.807) is 42.6 Å². The van der Waals surface area contributed by atoms with Crippen LogP contribution in [0.3, 0.4) is 0 Å². The lowest BCUT2D eigenvalue weighted by Crippen LogP contribution is -2.01. The second-order valence-electron chi connectivity index (χ2n) is 5.06. The number of benzene rings is 2. The molecule has 2 aromatic carbocycles. The summed E-state index contributed by atoms with van der Waals surface area (Å²) in [6.45, 7) is 0. The number of nitrogens with zero attached hydrogens (tertiary/aromatic N) is 2. The summed E-state index contributed by atoms with van der Waals surface area (Å²) in [5.41, 5.74) is 1.59. The van der Waals surface area contributed by atoms with Crippen LogP contribution in [0.5, 0.6) is 0 Å². The van der Waals surface area contributed by atoms with E-state index in [0.29, 0.717) is 33.2 Å².